The lowest BCUT2D eigenvalue weighted by atomic mass is 10.1. The van der Waals surface area contributed by atoms with E-state index in [2.05, 4.69) is 103 Å². The van der Waals surface area contributed by atoms with Crippen molar-refractivity contribution < 1.29 is 4.74 Å². The molecule has 0 aromatic heterocycles. The minimum Gasteiger partial charge on any atom is -0.490 e. The van der Waals surface area contributed by atoms with Gasteiger partial charge in [0.25, 0.3) is 0 Å². The van der Waals surface area contributed by atoms with Crippen molar-refractivity contribution in [1.82, 2.24) is 4.90 Å². The first kappa shape index (κ1) is 19.5. The lowest BCUT2D eigenvalue weighted by Crippen LogP contribution is -2.35. The van der Waals surface area contributed by atoms with Crippen LogP contribution in [0.3, 0.4) is 0 Å². The van der Waals surface area contributed by atoms with Crippen LogP contribution in [0.2, 0.25) is 0 Å². The van der Waals surface area contributed by atoms with Crippen LogP contribution in [0.4, 0.5) is 5.69 Å². The van der Waals surface area contributed by atoms with E-state index in [4.69, 9.17) is 4.74 Å². The molecule has 3 nitrogen and oxygen atoms in total. The van der Waals surface area contributed by atoms with Gasteiger partial charge in [-0.1, -0.05) is 54.6 Å². The van der Waals surface area contributed by atoms with E-state index >= 15 is 0 Å². The van der Waals surface area contributed by atoms with Crippen LogP contribution in [-0.4, -0.2) is 38.2 Å². The molecule has 4 rings (SSSR count). The number of ether oxygens (including phenoxy) is 1. The van der Waals surface area contributed by atoms with Gasteiger partial charge in [0.05, 0.1) is 0 Å². The number of rotatable bonds is 6. The van der Waals surface area contributed by atoms with E-state index in [1.807, 2.05) is 0 Å². The third-order valence-corrected chi connectivity index (χ3v) is 5.70. The summed E-state index contributed by atoms with van der Waals surface area (Å²) in [4.78, 5) is 4.65. The summed E-state index contributed by atoms with van der Waals surface area (Å²) in [5.41, 5.74) is 4.98. The highest BCUT2D eigenvalue weighted by atomic mass is 16.5. The van der Waals surface area contributed by atoms with E-state index in [9.17, 15) is 0 Å². The number of likely N-dealkylation sites (tertiary alicyclic amines) is 1. The molecule has 0 aliphatic carbocycles. The summed E-state index contributed by atoms with van der Waals surface area (Å²) in [5.74, 6) is 0.991. The zero-order valence-corrected chi connectivity index (χ0v) is 17.4. The molecule has 1 heterocycles. The Kier molecular flexibility index (Phi) is 6.16. The fourth-order valence-electron chi connectivity index (χ4n) is 3.92. The number of benzene rings is 3. The second-order valence-electron chi connectivity index (χ2n) is 8.04. The molecule has 1 aliphatic heterocycles. The Morgan fingerprint density at radius 3 is 2.28 bits per heavy atom. The first-order valence-electron chi connectivity index (χ1n) is 10.5. The molecule has 0 unspecified atom stereocenters. The van der Waals surface area contributed by atoms with E-state index in [0.29, 0.717) is 6.10 Å². The van der Waals surface area contributed by atoms with E-state index in [-0.39, 0.29) is 0 Å². The molecular weight excluding hydrogens is 356 g/mol. The van der Waals surface area contributed by atoms with E-state index in [1.54, 1.807) is 0 Å². The maximum atomic E-state index is 6.25. The molecule has 3 aromatic rings. The smallest absolute Gasteiger partial charge is 0.120 e. The van der Waals surface area contributed by atoms with Crippen LogP contribution in [0, 0.1) is 0 Å². The van der Waals surface area contributed by atoms with Gasteiger partial charge in [-0.25, -0.2) is 0 Å². The van der Waals surface area contributed by atoms with Gasteiger partial charge in [0.1, 0.15) is 11.9 Å². The monoisotopic (exact) mass is 386 g/mol. The van der Waals surface area contributed by atoms with Crippen molar-refractivity contribution in [3.05, 3.63) is 84.4 Å². The molecule has 0 radical (unpaired) electrons. The molecule has 0 atom stereocenters. The fourth-order valence-corrected chi connectivity index (χ4v) is 3.92. The van der Waals surface area contributed by atoms with Crippen molar-refractivity contribution in [2.75, 3.05) is 32.1 Å². The first-order chi connectivity index (χ1) is 14.2. The fraction of sp³-hybridized carbons (Fsp3) is 0.308. The summed E-state index contributed by atoms with van der Waals surface area (Å²) < 4.78 is 6.25. The Morgan fingerprint density at radius 1 is 0.862 bits per heavy atom. The number of anilines is 1. The summed E-state index contributed by atoms with van der Waals surface area (Å²) in [6, 6.07) is 27.8. The average molecular weight is 387 g/mol. The Morgan fingerprint density at radius 2 is 1.55 bits per heavy atom. The van der Waals surface area contributed by atoms with Crippen LogP contribution in [0.5, 0.6) is 5.75 Å². The molecule has 0 saturated carbocycles. The Balaban J connectivity index is 1.38. The van der Waals surface area contributed by atoms with Gasteiger partial charge in [0.15, 0.2) is 0 Å². The van der Waals surface area contributed by atoms with E-state index in [1.165, 1.54) is 22.4 Å². The van der Waals surface area contributed by atoms with Gasteiger partial charge in [0.2, 0.25) is 0 Å². The van der Waals surface area contributed by atoms with Crippen LogP contribution >= 0.6 is 0 Å². The van der Waals surface area contributed by atoms with Gasteiger partial charge in [-0.15, -0.1) is 0 Å². The van der Waals surface area contributed by atoms with Gasteiger partial charge in [-0.2, -0.15) is 0 Å². The number of piperidine rings is 1. The molecule has 1 saturated heterocycles. The van der Waals surface area contributed by atoms with Gasteiger partial charge in [0, 0.05) is 32.4 Å². The number of hydrogen-bond acceptors (Lipinski definition) is 3. The molecule has 0 spiro atoms. The Labute approximate surface area is 174 Å². The van der Waals surface area contributed by atoms with Gasteiger partial charge in [-0.3, -0.25) is 0 Å². The molecule has 0 amide bonds. The summed E-state index contributed by atoms with van der Waals surface area (Å²) in [5, 5.41) is 0. The summed E-state index contributed by atoms with van der Waals surface area (Å²) >= 11 is 0. The zero-order valence-electron chi connectivity index (χ0n) is 17.4. The zero-order chi connectivity index (χ0) is 20.1. The quantitative estimate of drug-likeness (QED) is 0.559. The molecular formula is C26H30N2O. The lowest BCUT2D eigenvalue weighted by Gasteiger charge is -2.29. The molecule has 3 heteroatoms. The number of hydrogen-bond donors (Lipinski definition) is 0. The second kappa shape index (κ2) is 9.15. The highest BCUT2D eigenvalue weighted by molar-refractivity contribution is 5.66. The highest BCUT2D eigenvalue weighted by Crippen LogP contribution is 2.25. The van der Waals surface area contributed by atoms with Crippen LogP contribution < -0.4 is 9.64 Å². The van der Waals surface area contributed by atoms with Crippen molar-refractivity contribution in [2.45, 2.75) is 25.5 Å². The minimum atomic E-state index is 0.338. The molecule has 150 valence electrons. The maximum Gasteiger partial charge on any atom is 0.120 e. The second-order valence-corrected chi connectivity index (χ2v) is 8.04. The van der Waals surface area contributed by atoms with Crippen molar-refractivity contribution in [3.63, 3.8) is 0 Å². The Hall–Kier alpha value is -2.78. The van der Waals surface area contributed by atoms with Crippen LogP contribution in [0.15, 0.2) is 78.9 Å². The summed E-state index contributed by atoms with van der Waals surface area (Å²) in [7, 11) is 4.32. The molecule has 3 aromatic carbocycles. The topological polar surface area (TPSA) is 15.7 Å². The van der Waals surface area contributed by atoms with Crippen molar-refractivity contribution >= 4 is 5.69 Å². The first-order valence-corrected chi connectivity index (χ1v) is 10.5. The minimum absolute atomic E-state index is 0.338. The molecule has 1 aliphatic rings. The predicted octanol–water partition coefficient (Wildman–Crippen LogP) is 5.46. The molecule has 29 heavy (non-hydrogen) atoms. The lowest BCUT2D eigenvalue weighted by molar-refractivity contribution is 0.114. The Bertz CT molecular complexity index is 900. The van der Waals surface area contributed by atoms with Gasteiger partial charge < -0.3 is 14.5 Å². The SMILES string of the molecule is CN1CCC(Oc2cccc(CN(C)c3ccc(-c4ccccc4)cc3)c2)CC1. The van der Waals surface area contributed by atoms with E-state index in [0.717, 1.165) is 38.2 Å². The van der Waals surface area contributed by atoms with Crippen molar-refractivity contribution in [2.24, 2.45) is 0 Å². The maximum absolute atomic E-state index is 6.25. The summed E-state index contributed by atoms with van der Waals surface area (Å²) in [6.45, 7) is 3.09. The number of nitrogens with zero attached hydrogens (tertiary/aromatic N) is 2. The largest absolute Gasteiger partial charge is 0.490 e. The average Bonchev–Trinajstić information content (AvgIpc) is 2.76. The van der Waals surface area contributed by atoms with Crippen molar-refractivity contribution in [1.29, 1.82) is 0 Å². The third kappa shape index (κ3) is 5.18. The summed E-state index contributed by atoms with van der Waals surface area (Å²) in [6.07, 6.45) is 2.55. The van der Waals surface area contributed by atoms with Gasteiger partial charge in [-0.05, 0) is 60.8 Å². The standard InChI is InChI=1S/C26H30N2O/c1-27-17-15-25(16-18-27)29-26-10-6-7-21(19-26)20-28(2)24-13-11-23(12-14-24)22-8-4-3-5-9-22/h3-14,19,25H,15-18,20H2,1-2H3. The van der Waals surface area contributed by atoms with Crippen LogP contribution in [-0.2, 0) is 6.54 Å². The van der Waals surface area contributed by atoms with Crippen molar-refractivity contribution in [3.8, 4) is 16.9 Å². The molecule has 0 bridgehead atoms. The van der Waals surface area contributed by atoms with Crippen LogP contribution in [0.25, 0.3) is 11.1 Å². The predicted molar refractivity (Wildman–Crippen MR) is 122 cm³/mol. The highest BCUT2D eigenvalue weighted by Gasteiger charge is 2.18. The normalized spacial score (nSPS) is 15.2. The molecule has 1 fully saturated rings. The molecule has 0 N–H and O–H groups in total. The van der Waals surface area contributed by atoms with E-state index < -0.39 is 0 Å². The van der Waals surface area contributed by atoms with Crippen LogP contribution in [0.1, 0.15) is 18.4 Å². The van der Waals surface area contributed by atoms with Gasteiger partial charge >= 0.3 is 0 Å². The third-order valence-electron chi connectivity index (χ3n) is 5.70.